The van der Waals surface area contributed by atoms with Crippen LogP contribution in [-0.2, 0) is 4.79 Å². The highest BCUT2D eigenvalue weighted by atomic mass is 79.9. The Balaban J connectivity index is 1.98. The lowest BCUT2D eigenvalue weighted by molar-refractivity contribution is -0.121. The van der Waals surface area contributed by atoms with Crippen molar-refractivity contribution in [3.05, 3.63) is 52.0 Å². The molecule has 0 aromatic heterocycles. The van der Waals surface area contributed by atoms with Gasteiger partial charge in [0.05, 0.1) is 17.8 Å². The van der Waals surface area contributed by atoms with Crippen molar-refractivity contribution in [3.63, 3.8) is 0 Å². The average molecular weight is 406 g/mol. The predicted octanol–water partition coefficient (Wildman–Crippen LogP) is 3.42. The molecule has 1 amide bonds. The van der Waals surface area contributed by atoms with Crippen LogP contribution in [0.2, 0.25) is 0 Å². The second-order valence-electron chi connectivity index (χ2n) is 5.47. The first-order chi connectivity index (χ1) is 11.9. The first-order valence-electron chi connectivity index (χ1n) is 7.64. The van der Waals surface area contributed by atoms with Gasteiger partial charge in [0.1, 0.15) is 6.04 Å². The van der Waals surface area contributed by atoms with E-state index in [9.17, 15) is 9.90 Å². The van der Waals surface area contributed by atoms with Crippen molar-refractivity contribution < 1.29 is 14.6 Å². The first kappa shape index (κ1) is 18.8. The van der Waals surface area contributed by atoms with Crippen molar-refractivity contribution in [2.75, 3.05) is 12.4 Å². The zero-order chi connectivity index (χ0) is 18.4. The number of ether oxygens (including phenoxy) is 1. The Morgan fingerprint density at radius 1 is 1.36 bits per heavy atom. The molecule has 0 bridgehead atoms. The maximum atomic E-state index is 12.1. The third kappa shape index (κ3) is 4.96. The second kappa shape index (κ2) is 8.53. The number of hydrogen-bond donors (Lipinski definition) is 3. The van der Waals surface area contributed by atoms with E-state index in [1.54, 1.807) is 19.1 Å². The van der Waals surface area contributed by atoms with Crippen LogP contribution in [0.25, 0.3) is 0 Å². The molecule has 2 aromatic carbocycles. The quantitative estimate of drug-likeness (QED) is 0.507. The summed E-state index contributed by atoms with van der Waals surface area (Å²) >= 11 is 3.24. The van der Waals surface area contributed by atoms with Crippen LogP contribution < -0.4 is 15.5 Å². The van der Waals surface area contributed by atoms with Crippen molar-refractivity contribution in [2.45, 2.75) is 19.9 Å². The van der Waals surface area contributed by atoms with Gasteiger partial charge in [0.25, 0.3) is 5.91 Å². The Morgan fingerprint density at radius 3 is 2.76 bits per heavy atom. The number of aromatic hydroxyl groups is 1. The highest BCUT2D eigenvalue weighted by Gasteiger charge is 2.12. The number of rotatable bonds is 6. The smallest absolute Gasteiger partial charge is 0.262 e. The fraction of sp³-hybridized carbons (Fsp3) is 0.222. The zero-order valence-corrected chi connectivity index (χ0v) is 15.8. The van der Waals surface area contributed by atoms with Crippen LogP contribution in [0.3, 0.4) is 0 Å². The van der Waals surface area contributed by atoms with Crippen LogP contribution in [0, 0.1) is 6.92 Å². The van der Waals surface area contributed by atoms with Crippen molar-refractivity contribution in [1.82, 2.24) is 5.43 Å². The van der Waals surface area contributed by atoms with E-state index in [1.807, 2.05) is 31.2 Å². The summed E-state index contributed by atoms with van der Waals surface area (Å²) in [6.07, 6.45) is 1.48. The van der Waals surface area contributed by atoms with E-state index in [0.717, 1.165) is 11.3 Å². The molecular weight excluding hydrogens is 386 g/mol. The molecule has 1 atom stereocenters. The van der Waals surface area contributed by atoms with E-state index in [2.05, 4.69) is 31.8 Å². The Bertz CT molecular complexity index is 793. The Hall–Kier alpha value is -2.54. The summed E-state index contributed by atoms with van der Waals surface area (Å²) in [5.74, 6) is 0.0702. The summed E-state index contributed by atoms with van der Waals surface area (Å²) in [6.45, 7) is 3.73. The molecule has 0 radical (unpaired) electrons. The number of methoxy groups -OCH3 is 1. The summed E-state index contributed by atoms with van der Waals surface area (Å²) in [5.41, 5.74) is 5.13. The van der Waals surface area contributed by atoms with Crippen molar-refractivity contribution in [3.8, 4) is 11.5 Å². The number of carbonyl (C=O) groups is 1. The second-order valence-corrected chi connectivity index (χ2v) is 6.32. The highest BCUT2D eigenvalue weighted by molar-refractivity contribution is 9.10. The van der Waals surface area contributed by atoms with E-state index >= 15 is 0 Å². The van der Waals surface area contributed by atoms with E-state index in [-0.39, 0.29) is 11.7 Å². The third-order valence-electron chi connectivity index (χ3n) is 3.57. The van der Waals surface area contributed by atoms with Gasteiger partial charge in [-0.25, -0.2) is 5.43 Å². The van der Waals surface area contributed by atoms with E-state index in [0.29, 0.717) is 15.8 Å². The molecule has 2 rings (SSSR count). The van der Waals surface area contributed by atoms with Gasteiger partial charge in [-0.15, -0.1) is 0 Å². The molecule has 1 unspecified atom stereocenters. The number of nitrogens with one attached hydrogen (secondary N) is 2. The van der Waals surface area contributed by atoms with Gasteiger partial charge in [-0.05, 0) is 59.1 Å². The number of amides is 1. The Labute approximate surface area is 155 Å². The molecule has 2 aromatic rings. The molecule has 0 saturated carbocycles. The van der Waals surface area contributed by atoms with Gasteiger partial charge in [0.2, 0.25) is 0 Å². The number of hydrazone groups is 1. The topological polar surface area (TPSA) is 83.0 Å². The molecule has 0 aliphatic rings. The van der Waals surface area contributed by atoms with Crippen LogP contribution in [-0.4, -0.2) is 30.4 Å². The lowest BCUT2D eigenvalue weighted by Crippen LogP contribution is -2.35. The summed E-state index contributed by atoms with van der Waals surface area (Å²) < 4.78 is 5.55. The average Bonchev–Trinajstić information content (AvgIpc) is 2.59. The van der Waals surface area contributed by atoms with Gasteiger partial charge in [0, 0.05) is 5.69 Å². The first-order valence-corrected chi connectivity index (χ1v) is 8.43. The van der Waals surface area contributed by atoms with Gasteiger partial charge in [0.15, 0.2) is 11.5 Å². The summed E-state index contributed by atoms with van der Waals surface area (Å²) in [4.78, 5) is 12.1. The molecular formula is C18H20BrN3O3. The molecule has 0 aliphatic heterocycles. The number of phenolic OH excluding ortho intramolecular Hbond substituents is 1. The number of anilines is 1. The Kier molecular flexibility index (Phi) is 6.41. The molecule has 0 heterocycles. The van der Waals surface area contributed by atoms with Crippen molar-refractivity contribution in [1.29, 1.82) is 0 Å². The van der Waals surface area contributed by atoms with E-state index in [1.165, 1.54) is 13.3 Å². The van der Waals surface area contributed by atoms with Gasteiger partial charge >= 0.3 is 0 Å². The lowest BCUT2D eigenvalue weighted by atomic mass is 10.2. The molecule has 25 heavy (non-hydrogen) atoms. The Morgan fingerprint density at radius 2 is 2.08 bits per heavy atom. The number of phenols is 1. The van der Waals surface area contributed by atoms with Crippen LogP contribution >= 0.6 is 15.9 Å². The predicted molar refractivity (Wildman–Crippen MR) is 102 cm³/mol. The van der Waals surface area contributed by atoms with E-state index < -0.39 is 6.04 Å². The zero-order valence-electron chi connectivity index (χ0n) is 14.2. The number of para-hydroxylation sites is 1. The normalized spacial score (nSPS) is 12.0. The summed E-state index contributed by atoms with van der Waals surface area (Å²) in [5, 5.41) is 16.9. The molecule has 0 fully saturated rings. The monoisotopic (exact) mass is 405 g/mol. The molecule has 7 heteroatoms. The van der Waals surface area contributed by atoms with Crippen LogP contribution in [0.1, 0.15) is 18.1 Å². The minimum Gasteiger partial charge on any atom is -0.503 e. The van der Waals surface area contributed by atoms with Gasteiger partial charge in [-0.2, -0.15) is 5.10 Å². The molecule has 3 N–H and O–H groups in total. The minimum atomic E-state index is -0.445. The lowest BCUT2D eigenvalue weighted by Gasteiger charge is -2.15. The van der Waals surface area contributed by atoms with Crippen molar-refractivity contribution >= 4 is 33.7 Å². The number of halogens is 1. The fourth-order valence-electron chi connectivity index (χ4n) is 2.12. The highest BCUT2D eigenvalue weighted by Crippen LogP contribution is 2.34. The number of carbonyl (C=O) groups excluding carboxylic acids is 1. The SMILES string of the molecule is COc1cc(C=NNC(=O)C(C)Nc2ccccc2C)cc(Br)c1O. The molecule has 0 spiro atoms. The largest absolute Gasteiger partial charge is 0.503 e. The summed E-state index contributed by atoms with van der Waals surface area (Å²) in [6, 6.07) is 10.6. The number of hydrogen-bond acceptors (Lipinski definition) is 5. The van der Waals surface area contributed by atoms with Crippen molar-refractivity contribution in [2.24, 2.45) is 5.10 Å². The number of benzene rings is 2. The minimum absolute atomic E-state index is 0.0136. The third-order valence-corrected chi connectivity index (χ3v) is 4.17. The number of aryl methyl sites for hydroxylation is 1. The van der Waals surface area contributed by atoms with Gasteiger partial charge in [-0.1, -0.05) is 18.2 Å². The molecule has 0 aliphatic carbocycles. The van der Waals surface area contributed by atoms with Gasteiger partial charge in [-0.3, -0.25) is 4.79 Å². The van der Waals surface area contributed by atoms with Crippen LogP contribution in [0.4, 0.5) is 5.69 Å². The molecule has 6 nitrogen and oxygen atoms in total. The molecule has 132 valence electrons. The van der Waals surface area contributed by atoms with E-state index in [4.69, 9.17) is 4.74 Å². The van der Waals surface area contributed by atoms with Crippen LogP contribution in [0.15, 0.2) is 46.0 Å². The maximum Gasteiger partial charge on any atom is 0.262 e. The number of nitrogens with zero attached hydrogens (tertiary/aromatic N) is 1. The fourth-order valence-corrected chi connectivity index (χ4v) is 2.58. The van der Waals surface area contributed by atoms with Gasteiger partial charge < -0.3 is 15.2 Å². The summed E-state index contributed by atoms with van der Waals surface area (Å²) in [7, 11) is 1.46. The van der Waals surface area contributed by atoms with Crippen LogP contribution in [0.5, 0.6) is 11.5 Å². The molecule has 0 saturated heterocycles. The maximum absolute atomic E-state index is 12.1. The standard InChI is InChI=1S/C18H20BrN3O3/c1-11-6-4-5-7-15(11)21-12(2)18(24)22-20-10-13-8-14(19)17(23)16(9-13)25-3/h4-10,12,21,23H,1-3H3,(H,22,24).